The maximum atomic E-state index is 14.2. The lowest BCUT2D eigenvalue weighted by Crippen LogP contribution is -2.27. The van der Waals surface area contributed by atoms with Gasteiger partial charge in [-0.25, -0.2) is 23.1 Å². The van der Waals surface area contributed by atoms with Crippen molar-refractivity contribution in [2.24, 2.45) is 5.92 Å². The van der Waals surface area contributed by atoms with Crippen LogP contribution in [0.15, 0.2) is 18.5 Å². The van der Waals surface area contributed by atoms with E-state index < -0.39 is 24.2 Å². The van der Waals surface area contributed by atoms with Gasteiger partial charge in [0.25, 0.3) is 5.92 Å². The monoisotopic (exact) mass is 394 g/mol. The fourth-order valence-corrected chi connectivity index (χ4v) is 3.18. The topological polar surface area (TPSA) is 77.7 Å². The molecule has 0 saturated carbocycles. The molecule has 1 unspecified atom stereocenters. The fourth-order valence-electron chi connectivity index (χ4n) is 3.18. The second-order valence-corrected chi connectivity index (χ2v) is 6.55. The molecular weight excluding hydrogens is 377 g/mol. The molecule has 28 heavy (non-hydrogen) atoms. The van der Waals surface area contributed by atoms with Crippen molar-refractivity contribution in [1.29, 1.82) is 0 Å². The second kappa shape index (κ2) is 6.50. The van der Waals surface area contributed by atoms with E-state index in [-0.39, 0.29) is 29.8 Å². The van der Waals surface area contributed by atoms with Crippen LogP contribution in [0, 0.1) is 11.7 Å². The first-order valence-corrected chi connectivity index (χ1v) is 8.46. The van der Waals surface area contributed by atoms with Crippen molar-refractivity contribution in [1.82, 2.24) is 24.6 Å². The van der Waals surface area contributed by atoms with Gasteiger partial charge in [-0.1, -0.05) is 6.92 Å². The lowest BCUT2D eigenvalue weighted by atomic mass is 10.1. The van der Waals surface area contributed by atoms with Crippen LogP contribution in [0.3, 0.4) is 0 Å². The van der Waals surface area contributed by atoms with Crippen molar-refractivity contribution in [2.75, 3.05) is 32.2 Å². The van der Waals surface area contributed by atoms with Crippen LogP contribution in [0.2, 0.25) is 0 Å². The molecule has 0 N–H and O–H groups in total. The number of anilines is 1. The normalized spacial score (nSPS) is 18.6. The zero-order valence-corrected chi connectivity index (χ0v) is 15.4. The number of fused-ring (bicyclic) bond motifs is 1. The highest BCUT2D eigenvalue weighted by Crippen LogP contribution is 2.37. The van der Waals surface area contributed by atoms with Crippen molar-refractivity contribution in [3.05, 3.63) is 24.3 Å². The standard InChI is InChI=1S/C17H17F3N6O2/c1-9-7-25(8-17(9,19)20)13-4-12(23-14-11(18)6-22-26(13)14)10-5-21-16(28-3)24-15(10)27-2/h4-6,9H,7-8H2,1-3H3. The van der Waals surface area contributed by atoms with Crippen LogP contribution in [0.1, 0.15) is 6.92 Å². The Labute approximate surface area is 157 Å². The molecule has 1 fully saturated rings. The summed E-state index contributed by atoms with van der Waals surface area (Å²) in [7, 11) is 2.82. The number of alkyl halides is 2. The first-order valence-electron chi connectivity index (χ1n) is 8.46. The summed E-state index contributed by atoms with van der Waals surface area (Å²) < 4.78 is 53.9. The highest BCUT2D eigenvalue weighted by molar-refractivity contribution is 5.70. The second-order valence-electron chi connectivity index (χ2n) is 6.55. The first-order chi connectivity index (χ1) is 13.3. The summed E-state index contributed by atoms with van der Waals surface area (Å²) in [5.74, 6) is -3.92. The molecule has 0 bridgehead atoms. The molecule has 1 aliphatic rings. The first kappa shape index (κ1) is 18.3. The third-order valence-electron chi connectivity index (χ3n) is 4.73. The molecule has 1 aliphatic heterocycles. The van der Waals surface area contributed by atoms with Gasteiger partial charge < -0.3 is 14.4 Å². The number of nitrogens with zero attached hydrogens (tertiary/aromatic N) is 6. The van der Waals surface area contributed by atoms with Gasteiger partial charge in [-0.15, -0.1) is 0 Å². The Balaban J connectivity index is 1.89. The Kier molecular flexibility index (Phi) is 4.24. The molecule has 0 aliphatic carbocycles. The Morgan fingerprint density at radius 2 is 1.96 bits per heavy atom. The van der Waals surface area contributed by atoms with E-state index in [4.69, 9.17) is 9.47 Å². The SMILES string of the molecule is COc1ncc(-c2cc(N3CC(C)C(F)(F)C3)n3ncc(F)c3n2)c(OC)n1. The van der Waals surface area contributed by atoms with E-state index in [1.54, 1.807) is 6.07 Å². The summed E-state index contributed by atoms with van der Waals surface area (Å²) in [6, 6.07) is 1.63. The van der Waals surface area contributed by atoms with Crippen molar-refractivity contribution >= 4 is 11.5 Å². The minimum Gasteiger partial charge on any atom is -0.480 e. The minimum absolute atomic E-state index is 0.0884. The van der Waals surface area contributed by atoms with Gasteiger partial charge >= 0.3 is 6.01 Å². The highest BCUT2D eigenvalue weighted by atomic mass is 19.3. The molecule has 148 valence electrons. The number of rotatable bonds is 4. The number of halogens is 3. The maximum absolute atomic E-state index is 14.2. The highest BCUT2D eigenvalue weighted by Gasteiger charge is 2.46. The smallest absolute Gasteiger partial charge is 0.319 e. The fraction of sp³-hybridized carbons (Fsp3) is 0.412. The van der Waals surface area contributed by atoms with Gasteiger partial charge in [0.15, 0.2) is 11.5 Å². The van der Waals surface area contributed by atoms with Crippen LogP contribution >= 0.6 is 0 Å². The third-order valence-corrected chi connectivity index (χ3v) is 4.73. The number of ether oxygens (including phenoxy) is 2. The zero-order valence-electron chi connectivity index (χ0n) is 15.4. The molecular formula is C17H17F3N6O2. The van der Waals surface area contributed by atoms with Crippen LogP contribution in [0.5, 0.6) is 11.9 Å². The van der Waals surface area contributed by atoms with Gasteiger partial charge in [0.1, 0.15) is 5.82 Å². The molecule has 0 aromatic carbocycles. The largest absolute Gasteiger partial charge is 0.480 e. The molecule has 4 rings (SSSR count). The lowest BCUT2D eigenvalue weighted by Gasteiger charge is -2.20. The number of methoxy groups -OCH3 is 2. The van der Waals surface area contributed by atoms with Gasteiger partial charge in [0.2, 0.25) is 5.88 Å². The number of aromatic nitrogens is 5. The predicted molar refractivity (Wildman–Crippen MR) is 93.4 cm³/mol. The lowest BCUT2D eigenvalue weighted by molar-refractivity contribution is -0.0138. The molecule has 0 amide bonds. The quantitative estimate of drug-likeness (QED) is 0.673. The number of hydrogen-bond acceptors (Lipinski definition) is 7. The maximum Gasteiger partial charge on any atom is 0.319 e. The molecule has 0 spiro atoms. The summed E-state index contributed by atoms with van der Waals surface area (Å²) in [6.45, 7) is 1.08. The number of hydrogen-bond donors (Lipinski definition) is 0. The van der Waals surface area contributed by atoms with Crippen LogP contribution in [0.25, 0.3) is 16.9 Å². The minimum atomic E-state index is -2.86. The Bertz CT molecular complexity index is 1040. The third kappa shape index (κ3) is 2.86. The van der Waals surface area contributed by atoms with E-state index in [1.807, 2.05) is 0 Å². The van der Waals surface area contributed by atoms with E-state index >= 15 is 0 Å². The van der Waals surface area contributed by atoms with Crippen molar-refractivity contribution in [3.63, 3.8) is 0 Å². The molecule has 1 atom stereocenters. The van der Waals surface area contributed by atoms with Crippen molar-refractivity contribution in [3.8, 4) is 23.1 Å². The summed E-state index contributed by atoms with van der Waals surface area (Å²) in [4.78, 5) is 13.9. The molecule has 1 saturated heterocycles. The van der Waals surface area contributed by atoms with E-state index in [0.29, 0.717) is 11.4 Å². The van der Waals surface area contributed by atoms with Crippen LogP contribution in [-0.4, -0.2) is 57.8 Å². The van der Waals surface area contributed by atoms with Gasteiger partial charge in [-0.3, -0.25) is 0 Å². The summed E-state index contributed by atoms with van der Waals surface area (Å²) in [6.07, 6.45) is 2.41. The Morgan fingerprint density at radius 3 is 2.61 bits per heavy atom. The van der Waals surface area contributed by atoms with E-state index in [1.165, 1.54) is 36.8 Å². The molecule has 3 aromatic heterocycles. The van der Waals surface area contributed by atoms with Crippen LogP contribution < -0.4 is 14.4 Å². The molecule has 3 aromatic rings. The van der Waals surface area contributed by atoms with Crippen molar-refractivity contribution in [2.45, 2.75) is 12.8 Å². The van der Waals surface area contributed by atoms with Crippen LogP contribution in [-0.2, 0) is 0 Å². The summed E-state index contributed by atoms with van der Waals surface area (Å²) >= 11 is 0. The summed E-state index contributed by atoms with van der Waals surface area (Å²) in [5, 5.41) is 3.95. The Hall–Kier alpha value is -3.11. The van der Waals surface area contributed by atoms with E-state index in [2.05, 4.69) is 20.1 Å². The van der Waals surface area contributed by atoms with E-state index in [0.717, 1.165) is 6.20 Å². The molecule has 4 heterocycles. The van der Waals surface area contributed by atoms with Gasteiger partial charge in [-0.05, 0) is 0 Å². The van der Waals surface area contributed by atoms with Gasteiger partial charge in [0, 0.05) is 24.7 Å². The van der Waals surface area contributed by atoms with Crippen molar-refractivity contribution < 1.29 is 22.6 Å². The zero-order chi connectivity index (χ0) is 20.1. The predicted octanol–water partition coefficient (Wildman–Crippen LogP) is 2.43. The average Bonchev–Trinajstić information content (AvgIpc) is 3.19. The Morgan fingerprint density at radius 1 is 1.18 bits per heavy atom. The van der Waals surface area contributed by atoms with Gasteiger partial charge in [-0.2, -0.15) is 14.6 Å². The average molecular weight is 394 g/mol. The molecule has 8 nitrogen and oxygen atoms in total. The molecule has 11 heteroatoms. The van der Waals surface area contributed by atoms with E-state index in [9.17, 15) is 13.2 Å². The molecule has 0 radical (unpaired) electrons. The van der Waals surface area contributed by atoms with Gasteiger partial charge in [0.05, 0.1) is 38.2 Å². The van der Waals surface area contributed by atoms with Crippen LogP contribution in [0.4, 0.5) is 19.0 Å². The summed E-state index contributed by atoms with van der Waals surface area (Å²) in [5.41, 5.74) is 0.546.